The van der Waals surface area contributed by atoms with Crippen molar-refractivity contribution in [3.05, 3.63) is 20.3 Å². The minimum Gasteiger partial charge on any atom is -0.370 e. The Kier molecular flexibility index (Phi) is 5.26. The minimum absolute atomic E-state index is 0.0134. The van der Waals surface area contributed by atoms with Crippen molar-refractivity contribution in [1.82, 2.24) is 0 Å². The first-order valence-corrected chi connectivity index (χ1v) is 8.82. The zero-order chi connectivity index (χ0) is 14.8. The van der Waals surface area contributed by atoms with Crippen LogP contribution >= 0.6 is 27.3 Å². The fourth-order valence-electron chi connectivity index (χ4n) is 3.44. The molecule has 20 heavy (non-hydrogen) atoms. The van der Waals surface area contributed by atoms with Crippen molar-refractivity contribution in [1.29, 1.82) is 0 Å². The second kappa shape index (κ2) is 6.58. The lowest BCUT2D eigenvalue weighted by atomic mass is 9.68. The SMILES string of the molecule is Cc1cc(Br)c(C(N)CC2(CC(N)=O)CCCCC2)s1. The number of nitrogens with two attached hydrogens (primary N) is 2. The Balaban J connectivity index is 2.14. The third-order valence-electron chi connectivity index (χ3n) is 4.29. The molecule has 0 spiro atoms. The molecule has 1 aliphatic rings. The number of amides is 1. The van der Waals surface area contributed by atoms with Crippen molar-refractivity contribution < 1.29 is 4.79 Å². The number of rotatable bonds is 5. The van der Waals surface area contributed by atoms with Gasteiger partial charge in [0.15, 0.2) is 0 Å². The standard InChI is InChI=1S/C15H23BrN2OS/c1-10-7-11(16)14(20-10)12(17)8-15(9-13(18)19)5-3-2-4-6-15/h7,12H,2-6,8-9,17H2,1H3,(H2,18,19). The lowest BCUT2D eigenvalue weighted by Gasteiger charge is -2.38. The minimum atomic E-state index is -0.194. The summed E-state index contributed by atoms with van der Waals surface area (Å²) in [7, 11) is 0. The molecule has 0 aromatic carbocycles. The first kappa shape index (κ1) is 16.0. The van der Waals surface area contributed by atoms with E-state index in [1.807, 2.05) is 0 Å². The number of primary amides is 1. The van der Waals surface area contributed by atoms with Crippen molar-refractivity contribution >= 4 is 33.2 Å². The molecule has 1 unspecified atom stereocenters. The number of halogens is 1. The molecule has 4 N–H and O–H groups in total. The molecule has 1 heterocycles. The molecule has 0 saturated heterocycles. The van der Waals surface area contributed by atoms with Crippen molar-refractivity contribution in [3.63, 3.8) is 0 Å². The summed E-state index contributed by atoms with van der Waals surface area (Å²) in [5.74, 6) is -0.194. The summed E-state index contributed by atoms with van der Waals surface area (Å²) in [6.07, 6.45) is 7.11. The van der Waals surface area contributed by atoms with E-state index in [1.54, 1.807) is 11.3 Å². The van der Waals surface area contributed by atoms with Gasteiger partial charge in [-0.3, -0.25) is 4.79 Å². The Bertz CT molecular complexity index is 480. The van der Waals surface area contributed by atoms with Crippen molar-refractivity contribution in [2.45, 2.75) is 57.9 Å². The molecule has 1 amide bonds. The predicted molar refractivity (Wildman–Crippen MR) is 87.6 cm³/mol. The van der Waals surface area contributed by atoms with Crippen molar-refractivity contribution in [3.8, 4) is 0 Å². The fraction of sp³-hybridized carbons (Fsp3) is 0.667. The van der Waals surface area contributed by atoms with E-state index in [9.17, 15) is 4.79 Å². The van der Waals surface area contributed by atoms with Gasteiger partial charge in [-0.15, -0.1) is 11.3 Å². The number of hydrogen-bond acceptors (Lipinski definition) is 3. The highest BCUT2D eigenvalue weighted by Gasteiger charge is 2.36. The third-order valence-corrected chi connectivity index (χ3v) is 6.39. The van der Waals surface area contributed by atoms with Crippen LogP contribution in [-0.2, 0) is 4.79 Å². The van der Waals surface area contributed by atoms with Crippen LogP contribution in [0.15, 0.2) is 10.5 Å². The Labute approximate surface area is 133 Å². The second-order valence-corrected chi connectivity index (χ2v) is 8.23. The Morgan fingerprint density at radius 1 is 1.45 bits per heavy atom. The molecule has 112 valence electrons. The summed E-state index contributed by atoms with van der Waals surface area (Å²) >= 11 is 5.33. The maximum absolute atomic E-state index is 11.4. The van der Waals surface area contributed by atoms with Gasteiger partial charge in [0.05, 0.1) is 0 Å². The number of aryl methyl sites for hydroxylation is 1. The molecule has 1 saturated carbocycles. The van der Waals surface area contributed by atoms with Crippen LogP contribution in [0.1, 0.15) is 60.7 Å². The van der Waals surface area contributed by atoms with Crippen molar-refractivity contribution in [2.24, 2.45) is 16.9 Å². The van der Waals surface area contributed by atoms with Crippen LogP contribution in [0.4, 0.5) is 0 Å². The molecular weight excluding hydrogens is 336 g/mol. The van der Waals surface area contributed by atoms with Gasteiger partial charge in [0.25, 0.3) is 0 Å². The third kappa shape index (κ3) is 3.83. The van der Waals surface area contributed by atoms with Crippen LogP contribution in [0, 0.1) is 12.3 Å². The molecular formula is C15H23BrN2OS. The zero-order valence-corrected chi connectivity index (χ0v) is 14.4. The zero-order valence-electron chi connectivity index (χ0n) is 12.0. The van der Waals surface area contributed by atoms with E-state index in [2.05, 4.69) is 28.9 Å². The molecule has 1 aromatic heterocycles. The number of carbonyl (C=O) groups excluding carboxylic acids is 1. The normalized spacial score (nSPS) is 19.8. The van der Waals surface area contributed by atoms with Crippen LogP contribution in [0.3, 0.4) is 0 Å². The Morgan fingerprint density at radius 3 is 2.60 bits per heavy atom. The largest absolute Gasteiger partial charge is 0.370 e. The van der Waals surface area contributed by atoms with Crippen LogP contribution in [0.25, 0.3) is 0 Å². The van der Waals surface area contributed by atoms with E-state index in [0.717, 1.165) is 23.7 Å². The lowest BCUT2D eigenvalue weighted by Crippen LogP contribution is -2.33. The van der Waals surface area contributed by atoms with E-state index in [-0.39, 0.29) is 17.4 Å². The highest BCUT2D eigenvalue weighted by molar-refractivity contribution is 9.10. The summed E-state index contributed by atoms with van der Waals surface area (Å²) in [5, 5.41) is 0. The van der Waals surface area contributed by atoms with E-state index in [4.69, 9.17) is 11.5 Å². The molecule has 1 aromatic rings. The Morgan fingerprint density at radius 2 is 2.10 bits per heavy atom. The van der Waals surface area contributed by atoms with Crippen LogP contribution in [0.2, 0.25) is 0 Å². The highest BCUT2D eigenvalue weighted by atomic mass is 79.9. The number of hydrogen-bond donors (Lipinski definition) is 2. The van der Waals surface area contributed by atoms with Crippen LogP contribution in [-0.4, -0.2) is 5.91 Å². The van der Waals surface area contributed by atoms with Gasteiger partial charge in [-0.05, 0) is 53.6 Å². The van der Waals surface area contributed by atoms with E-state index in [0.29, 0.717) is 6.42 Å². The number of thiophene rings is 1. The molecule has 1 atom stereocenters. The molecule has 0 aliphatic heterocycles. The summed E-state index contributed by atoms with van der Waals surface area (Å²) in [6, 6.07) is 2.10. The molecule has 1 aliphatic carbocycles. The van der Waals surface area contributed by atoms with Gasteiger partial charge in [0.2, 0.25) is 5.91 Å². The van der Waals surface area contributed by atoms with Gasteiger partial charge in [-0.1, -0.05) is 19.3 Å². The van der Waals surface area contributed by atoms with Gasteiger partial charge in [-0.2, -0.15) is 0 Å². The average Bonchev–Trinajstić information content (AvgIpc) is 2.68. The predicted octanol–water partition coefficient (Wildman–Crippen LogP) is 4.03. The number of carbonyl (C=O) groups is 1. The summed E-state index contributed by atoms with van der Waals surface area (Å²) in [4.78, 5) is 13.9. The first-order valence-electron chi connectivity index (χ1n) is 7.22. The molecule has 3 nitrogen and oxygen atoms in total. The topological polar surface area (TPSA) is 69.1 Å². The van der Waals surface area contributed by atoms with E-state index in [1.165, 1.54) is 29.0 Å². The fourth-order valence-corrected chi connectivity index (χ4v) is 5.38. The quantitative estimate of drug-likeness (QED) is 0.833. The molecule has 1 fully saturated rings. The van der Waals surface area contributed by atoms with Gasteiger partial charge < -0.3 is 11.5 Å². The monoisotopic (exact) mass is 358 g/mol. The van der Waals surface area contributed by atoms with Crippen LogP contribution in [0.5, 0.6) is 0 Å². The maximum atomic E-state index is 11.4. The smallest absolute Gasteiger partial charge is 0.217 e. The van der Waals surface area contributed by atoms with Gasteiger partial charge in [0, 0.05) is 26.7 Å². The summed E-state index contributed by atoms with van der Waals surface area (Å²) < 4.78 is 1.09. The van der Waals surface area contributed by atoms with Crippen LogP contribution < -0.4 is 11.5 Å². The van der Waals surface area contributed by atoms with E-state index < -0.39 is 0 Å². The maximum Gasteiger partial charge on any atom is 0.217 e. The van der Waals surface area contributed by atoms with Gasteiger partial charge in [0.1, 0.15) is 0 Å². The average molecular weight is 359 g/mol. The summed E-state index contributed by atoms with van der Waals surface area (Å²) in [5.41, 5.74) is 11.9. The second-order valence-electron chi connectivity index (χ2n) is 6.08. The summed E-state index contributed by atoms with van der Waals surface area (Å²) in [6.45, 7) is 2.09. The molecule has 0 bridgehead atoms. The molecule has 2 rings (SSSR count). The first-order chi connectivity index (χ1) is 9.42. The van der Waals surface area contributed by atoms with Gasteiger partial charge in [-0.25, -0.2) is 0 Å². The lowest BCUT2D eigenvalue weighted by molar-refractivity contribution is -0.121. The van der Waals surface area contributed by atoms with E-state index >= 15 is 0 Å². The van der Waals surface area contributed by atoms with Crippen molar-refractivity contribution in [2.75, 3.05) is 0 Å². The highest BCUT2D eigenvalue weighted by Crippen LogP contribution is 2.46. The molecule has 0 radical (unpaired) electrons. The van der Waals surface area contributed by atoms with Gasteiger partial charge >= 0.3 is 0 Å². The Hall–Kier alpha value is -0.390. The molecule has 5 heteroatoms.